The lowest BCUT2D eigenvalue weighted by molar-refractivity contribution is 0.0248. The van der Waals surface area contributed by atoms with E-state index < -0.39 is 5.60 Å². The van der Waals surface area contributed by atoms with Crippen LogP contribution in [0.5, 0.6) is 0 Å². The molecule has 1 amide bonds. The Morgan fingerprint density at radius 2 is 1.83 bits per heavy atom. The minimum atomic E-state index is -0.539. The van der Waals surface area contributed by atoms with Gasteiger partial charge >= 0.3 is 6.09 Å². The molecule has 0 unspecified atom stereocenters. The third-order valence-corrected chi connectivity index (χ3v) is 4.74. The van der Waals surface area contributed by atoms with Gasteiger partial charge in [-0.25, -0.2) is 4.79 Å². The molecule has 0 aliphatic rings. The Bertz CT molecular complexity index is 890. The molecule has 8 heteroatoms. The maximum absolute atomic E-state index is 12.6. The monoisotopic (exact) mass is 439 g/mol. The predicted octanol–water partition coefficient (Wildman–Crippen LogP) is 5.12. The number of aromatic nitrogens is 2. The SMILES string of the molecule is CCCN(CCCc1cnn(-c2ccc(Cl)cc2)c(=O)c1Cl)C(=O)OC(C)(C)C. The molecule has 0 N–H and O–H groups in total. The van der Waals surface area contributed by atoms with E-state index in [9.17, 15) is 9.59 Å². The van der Waals surface area contributed by atoms with Crippen molar-refractivity contribution in [2.75, 3.05) is 13.1 Å². The molecule has 0 spiro atoms. The van der Waals surface area contributed by atoms with Crippen molar-refractivity contribution in [1.82, 2.24) is 14.7 Å². The van der Waals surface area contributed by atoms with Gasteiger partial charge in [0.05, 0.1) is 11.9 Å². The van der Waals surface area contributed by atoms with Crippen LogP contribution in [0.25, 0.3) is 5.69 Å². The highest BCUT2D eigenvalue weighted by molar-refractivity contribution is 6.31. The van der Waals surface area contributed by atoms with E-state index in [2.05, 4.69) is 5.10 Å². The summed E-state index contributed by atoms with van der Waals surface area (Å²) >= 11 is 12.2. The molecular weight excluding hydrogens is 413 g/mol. The highest BCUT2D eigenvalue weighted by Gasteiger charge is 2.21. The Morgan fingerprint density at radius 3 is 2.41 bits per heavy atom. The third-order valence-electron chi connectivity index (χ3n) is 4.08. The molecule has 6 nitrogen and oxygen atoms in total. The van der Waals surface area contributed by atoms with Gasteiger partial charge in [0.2, 0.25) is 0 Å². The lowest BCUT2D eigenvalue weighted by atomic mass is 10.1. The number of ether oxygens (including phenoxy) is 1. The molecule has 1 aromatic carbocycles. The Morgan fingerprint density at radius 1 is 1.17 bits per heavy atom. The zero-order chi connectivity index (χ0) is 21.6. The van der Waals surface area contributed by atoms with Crippen LogP contribution >= 0.6 is 23.2 Å². The molecule has 1 aromatic heterocycles. The summed E-state index contributed by atoms with van der Waals surface area (Å²) in [6.07, 6.45) is 3.27. The van der Waals surface area contributed by atoms with Crippen molar-refractivity contribution in [1.29, 1.82) is 0 Å². The van der Waals surface area contributed by atoms with Gasteiger partial charge in [0.1, 0.15) is 10.6 Å². The number of benzene rings is 1. The number of hydrogen-bond donors (Lipinski definition) is 0. The summed E-state index contributed by atoms with van der Waals surface area (Å²) in [5.41, 5.74) is 0.320. The lowest BCUT2D eigenvalue weighted by Crippen LogP contribution is -2.38. The van der Waals surface area contributed by atoms with E-state index >= 15 is 0 Å². The molecular formula is C21H27Cl2N3O3. The van der Waals surface area contributed by atoms with Gasteiger partial charge in [-0.15, -0.1) is 0 Å². The molecule has 29 heavy (non-hydrogen) atoms. The predicted molar refractivity (Wildman–Crippen MR) is 116 cm³/mol. The number of rotatable bonds is 7. The zero-order valence-electron chi connectivity index (χ0n) is 17.2. The first-order valence-electron chi connectivity index (χ1n) is 9.63. The minimum Gasteiger partial charge on any atom is -0.444 e. The smallest absolute Gasteiger partial charge is 0.410 e. The molecule has 0 saturated heterocycles. The average Bonchev–Trinajstić information content (AvgIpc) is 2.64. The Balaban J connectivity index is 2.06. The first-order valence-corrected chi connectivity index (χ1v) is 10.4. The molecule has 0 atom stereocenters. The van der Waals surface area contributed by atoms with E-state index in [1.807, 2.05) is 27.7 Å². The lowest BCUT2D eigenvalue weighted by Gasteiger charge is -2.27. The van der Waals surface area contributed by atoms with Crippen molar-refractivity contribution >= 4 is 29.3 Å². The Kier molecular flexibility index (Phi) is 8.11. The highest BCUT2D eigenvalue weighted by atomic mass is 35.5. The zero-order valence-corrected chi connectivity index (χ0v) is 18.8. The van der Waals surface area contributed by atoms with Gasteiger partial charge in [-0.05, 0) is 69.9 Å². The molecule has 2 aromatic rings. The fraction of sp³-hybridized carbons (Fsp3) is 0.476. The largest absolute Gasteiger partial charge is 0.444 e. The summed E-state index contributed by atoms with van der Waals surface area (Å²) in [6.45, 7) is 8.66. The fourth-order valence-electron chi connectivity index (χ4n) is 2.76. The van der Waals surface area contributed by atoms with Crippen LogP contribution in [0.4, 0.5) is 4.79 Å². The van der Waals surface area contributed by atoms with Gasteiger partial charge in [0.15, 0.2) is 0 Å². The summed E-state index contributed by atoms with van der Waals surface area (Å²) < 4.78 is 6.70. The third kappa shape index (κ3) is 6.75. The van der Waals surface area contributed by atoms with E-state index in [0.29, 0.717) is 42.2 Å². The van der Waals surface area contributed by atoms with Crippen LogP contribution in [-0.2, 0) is 11.2 Å². The van der Waals surface area contributed by atoms with Gasteiger partial charge in [0.25, 0.3) is 5.56 Å². The Labute approximate surface area is 181 Å². The first-order chi connectivity index (χ1) is 13.6. The van der Waals surface area contributed by atoms with Crippen LogP contribution < -0.4 is 5.56 Å². The van der Waals surface area contributed by atoms with E-state index in [1.54, 1.807) is 35.4 Å². The summed E-state index contributed by atoms with van der Waals surface area (Å²) in [5.74, 6) is 0. The van der Waals surface area contributed by atoms with Crippen LogP contribution in [0, 0.1) is 0 Å². The van der Waals surface area contributed by atoms with E-state index in [0.717, 1.165) is 6.42 Å². The van der Waals surface area contributed by atoms with Gasteiger partial charge in [0, 0.05) is 18.1 Å². The van der Waals surface area contributed by atoms with Crippen LogP contribution in [-0.4, -0.2) is 39.5 Å². The second-order valence-corrected chi connectivity index (χ2v) is 8.56. The minimum absolute atomic E-state index is 0.134. The van der Waals surface area contributed by atoms with Crippen molar-refractivity contribution in [3.63, 3.8) is 0 Å². The molecule has 0 radical (unpaired) electrons. The molecule has 0 fully saturated rings. The van der Waals surface area contributed by atoms with Crippen LogP contribution in [0.3, 0.4) is 0 Å². The summed E-state index contributed by atoms with van der Waals surface area (Å²) in [5, 5.41) is 4.94. The van der Waals surface area contributed by atoms with Crippen LogP contribution in [0.2, 0.25) is 10.0 Å². The van der Waals surface area contributed by atoms with Crippen molar-refractivity contribution < 1.29 is 9.53 Å². The summed E-state index contributed by atoms with van der Waals surface area (Å²) in [6, 6.07) is 6.78. The van der Waals surface area contributed by atoms with Crippen molar-refractivity contribution in [3.05, 3.63) is 56.4 Å². The molecule has 0 saturated carbocycles. The number of carbonyl (C=O) groups is 1. The van der Waals surface area contributed by atoms with Gasteiger partial charge in [-0.2, -0.15) is 9.78 Å². The quantitative estimate of drug-likeness (QED) is 0.600. The number of amides is 1. The van der Waals surface area contributed by atoms with Gasteiger partial charge in [-0.3, -0.25) is 4.79 Å². The number of nitrogens with zero attached hydrogens (tertiary/aromatic N) is 3. The number of hydrogen-bond acceptors (Lipinski definition) is 4. The van der Waals surface area contributed by atoms with Crippen molar-refractivity contribution in [2.45, 2.75) is 52.6 Å². The van der Waals surface area contributed by atoms with Crippen LogP contribution in [0.1, 0.15) is 46.1 Å². The summed E-state index contributed by atoms with van der Waals surface area (Å²) in [4.78, 5) is 26.6. The Hall–Kier alpha value is -2.05. The highest BCUT2D eigenvalue weighted by Crippen LogP contribution is 2.16. The van der Waals surface area contributed by atoms with Crippen molar-refractivity contribution in [2.24, 2.45) is 0 Å². The summed E-state index contributed by atoms with van der Waals surface area (Å²) in [7, 11) is 0. The molecule has 0 aliphatic carbocycles. The van der Waals surface area contributed by atoms with Gasteiger partial charge in [-0.1, -0.05) is 30.1 Å². The van der Waals surface area contributed by atoms with Gasteiger partial charge < -0.3 is 9.64 Å². The standard InChI is InChI=1S/C21H27Cl2N3O3/c1-5-12-25(20(28)29-21(2,3)4)13-6-7-15-14-24-26(19(27)18(15)23)17-10-8-16(22)9-11-17/h8-11,14H,5-7,12-13H2,1-4H3. The molecule has 2 rings (SSSR count). The normalized spacial score (nSPS) is 11.4. The second kappa shape index (κ2) is 10.1. The molecule has 0 bridgehead atoms. The topological polar surface area (TPSA) is 64.4 Å². The first kappa shape index (κ1) is 23.2. The molecule has 0 aliphatic heterocycles. The molecule has 158 valence electrons. The maximum Gasteiger partial charge on any atom is 0.410 e. The average molecular weight is 440 g/mol. The number of aryl methyl sites for hydroxylation is 1. The van der Waals surface area contributed by atoms with Crippen LogP contribution in [0.15, 0.2) is 35.3 Å². The number of carbonyl (C=O) groups excluding carboxylic acids is 1. The fourth-order valence-corrected chi connectivity index (χ4v) is 3.11. The second-order valence-electron chi connectivity index (χ2n) is 7.75. The molecule has 1 heterocycles. The van der Waals surface area contributed by atoms with E-state index in [1.165, 1.54) is 4.68 Å². The van der Waals surface area contributed by atoms with E-state index in [-0.39, 0.29) is 16.7 Å². The maximum atomic E-state index is 12.6. The van der Waals surface area contributed by atoms with E-state index in [4.69, 9.17) is 27.9 Å². The number of halogens is 2. The van der Waals surface area contributed by atoms with Crippen molar-refractivity contribution in [3.8, 4) is 5.69 Å².